The molecule has 0 spiro atoms. The van der Waals surface area contributed by atoms with Gasteiger partial charge in [0, 0.05) is 11.6 Å². The van der Waals surface area contributed by atoms with Crippen LogP contribution in [0.25, 0.3) is 32.9 Å². The van der Waals surface area contributed by atoms with E-state index in [-0.39, 0.29) is 5.41 Å². The van der Waals surface area contributed by atoms with E-state index in [1.807, 2.05) is 12.1 Å². The lowest BCUT2D eigenvalue weighted by Gasteiger charge is -2.12. The summed E-state index contributed by atoms with van der Waals surface area (Å²) in [7, 11) is 1.69. The number of methoxy groups -OCH3 is 1. The molecule has 0 N–H and O–H groups in total. The Kier molecular flexibility index (Phi) is 3.91. The van der Waals surface area contributed by atoms with E-state index < -0.39 is 0 Å². The standard InChI is InChI=1S/C24H23O2/c1-24(2,3)22-15-21(17-9-12-18(25-4)13-10-17)20-14-11-16-7-5-6-8-19(16)23(20)26-22/h5-15H,1-4H3/q+1. The highest BCUT2D eigenvalue weighted by molar-refractivity contribution is 6.08. The molecule has 2 nitrogen and oxygen atoms in total. The van der Waals surface area contributed by atoms with Gasteiger partial charge in [-0.25, -0.2) is 4.42 Å². The van der Waals surface area contributed by atoms with Gasteiger partial charge in [-0.1, -0.05) is 36.4 Å². The van der Waals surface area contributed by atoms with E-state index in [1.54, 1.807) is 7.11 Å². The van der Waals surface area contributed by atoms with E-state index in [2.05, 4.69) is 75.4 Å². The number of rotatable bonds is 2. The summed E-state index contributed by atoms with van der Waals surface area (Å²) in [6, 6.07) is 23.1. The van der Waals surface area contributed by atoms with Crippen LogP contribution in [-0.4, -0.2) is 7.11 Å². The Labute approximate surface area is 154 Å². The first-order valence-electron chi connectivity index (χ1n) is 8.91. The van der Waals surface area contributed by atoms with Gasteiger partial charge in [0.1, 0.15) is 5.75 Å². The summed E-state index contributed by atoms with van der Waals surface area (Å²) in [4.78, 5) is 0. The smallest absolute Gasteiger partial charge is 0.368 e. The number of benzene rings is 3. The van der Waals surface area contributed by atoms with E-state index in [1.165, 1.54) is 10.9 Å². The van der Waals surface area contributed by atoms with Crippen LogP contribution in [0.4, 0.5) is 0 Å². The van der Waals surface area contributed by atoms with Gasteiger partial charge in [-0.05, 0) is 56.0 Å². The van der Waals surface area contributed by atoms with Gasteiger partial charge in [0.05, 0.1) is 23.3 Å². The molecule has 0 radical (unpaired) electrons. The third-order valence-electron chi connectivity index (χ3n) is 4.80. The molecule has 0 bridgehead atoms. The van der Waals surface area contributed by atoms with Crippen LogP contribution in [0.2, 0.25) is 0 Å². The van der Waals surface area contributed by atoms with Crippen LogP contribution in [0.5, 0.6) is 5.75 Å². The zero-order chi connectivity index (χ0) is 18.3. The van der Waals surface area contributed by atoms with E-state index in [0.717, 1.165) is 33.4 Å². The number of hydrogen-bond acceptors (Lipinski definition) is 1. The van der Waals surface area contributed by atoms with Gasteiger partial charge in [0.25, 0.3) is 0 Å². The molecule has 1 aromatic heterocycles. The average molecular weight is 343 g/mol. The Morgan fingerprint density at radius 1 is 0.808 bits per heavy atom. The topological polar surface area (TPSA) is 20.5 Å². The lowest BCUT2D eigenvalue weighted by Crippen LogP contribution is -2.11. The molecule has 0 unspecified atom stereocenters. The summed E-state index contributed by atoms with van der Waals surface area (Å²) in [5.74, 6) is 1.84. The summed E-state index contributed by atoms with van der Waals surface area (Å²) in [6.07, 6.45) is 0. The highest BCUT2D eigenvalue weighted by Gasteiger charge is 2.30. The predicted molar refractivity (Wildman–Crippen MR) is 109 cm³/mol. The maximum atomic E-state index is 6.42. The molecule has 0 amide bonds. The molecule has 4 rings (SSSR count). The van der Waals surface area contributed by atoms with E-state index in [0.29, 0.717) is 0 Å². The minimum Gasteiger partial charge on any atom is -0.497 e. The lowest BCUT2D eigenvalue weighted by molar-refractivity contribution is 0.415. The first-order chi connectivity index (χ1) is 12.5. The van der Waals surface area contributed by atoms with Crippen molar-refractivity contribution in [2.24, 2.45) is 0 Å². The van der Waals surface area contributed by atoms with E-state index in [4.69, 9.17) is 9.15 Å². The Morgan fingerprint density at radius 3 is 2.23 bits per heavy atom. The van der Waals surface area contributed by atoms with Crippen molar-refractivity contribution in [2.75, 3.05) is 7.11 Å². The summed E-state index contributed by atoms with van der Waals surface area (Å²) < 4.78 is 11.7. The quantitative estimate of drug-likeness (QED) is 0.293. The molecule has 2 heteroatoms. The van der Waals surface area contributed by atoms with Crippen molar-refractivity contribution >= 4 is 21.7 Å². The van der Waals surface area contributed by atoms with Gasteiger partial charge in [-0.15, -0.1) is 0 Å². The van der Waals surface area contributed by atoms with Crippen molar-refractivity contribution in [3.8, 4) is 16.9 Å². The van der Waals surface area contributed by atoms with E-state index >= 15 is 0 Å². The van der Waals surface area contributed by atoms with Crippen LogP contribution in [0.1, 0.15) is 26.5 Å². The second-order valence-electron chi connectivity index (χ2n) is 7.67. The number of ether oxygens (including phenoxy) is 1. The Bertz CT molecular complexity index is 1090. The van der Waals surface area contributed by atoms with Crippen molar-refractivity contribution in [1.29, 1.82) is 0 Å². The van der Waals surface area contributed by atoms with Crippen molar-refractivity contribution in [3.05, 3.63) is 72.5 Å². The Hall–Kier alpha value is -2.87. The second kappa shape index (κ2) is 6.14. The third kappa shape index (κ3) is 2.82. The molecule has 1 heterocycles. The van der Waals surface area contributed by atoms with Gasteiger partial charge in [0.15, 0.2) is 0 Å². The van der Waals surface area contributed by atoms with Crippen LogP contribution in [0, 0.1) is 0 Å². The molecule has 0 fully saturated rings. The first kappa shape index (κ1) is 16.6. The van der Waals surface area contributed by atoms with Crippen molar-refractivity contribution in [1.82, 2.24) is 0 Å². The molecular formula is C24H23O2+. The molecular weight excluding hydrogens is 320 g/mol. The van der Waals surface area contributed by atoms with Crippen molar-refractivity contribution in [2.45, 2.75) is 26.2 Å². The molecule has 26 heavy (non-hydrogen) atoms. The monoisotopic (exact) mass is 343 g/mol. The van der Waals surface area contributed by atoms with Crippen molar-refractivity contribution in [3.63, 3.8) is 0 Å². The predicted octanol–water partition coefficient (Wildman–Crippen LogP) is 6.84. The number of fused-ring (bicyclic) bond motifs is 3. The normalized spacial score (nSPS) is 11.8. The summed E-state index contributed by atoms with van der Waals surface area (Å²) in [5.41, 5.74) is 3.21. The van der Waals surface area contributed by atoms with E-state index in [9.17, 15) is 0 Å². The minimum absolute atomic E-state index is 0.0770. The largest absolute Gasteiger partial charge is 0.497 e. The lowest BCUT2D eigenvalue weighted by atomic mass is 9.89. The molecule has 0 atom stereocenters. The Balaban J connectivity index is 2.08. The number of hydrogen-bond donors (Lipinski definition) is 0. The molecule has 0 aliphatic heterocycles. The minimum atomic E-state index is -0.0770. The van der Waals surface area contributed by atoms with Crippen LogP contribution in [0.3, 0.4) is 0 Å². The molecule has 0 aliphatic rings. The SMILES string of the molecule is COc1ccc(-c2cc(C(C)(C)C)[o+]c3c2ccc2ccccc23)cc1. The van der Waals surface area contributed by atoms with Gasteiger partial charge in [-0.2, -0.15) is 0 Å². The maximum Gasteiger partial charge on any atom is 0.368 e. The van der Waals surface area contributed by atoms with Gasteiger partial charge in [0.2, 0.25) is 0 Å². The fourth-order valence-corrected chi connectivity index (χ4v) is 3.29. The van der Waals surface area contributed by atoms with Crippen LogP contribution in [-0.2, 0) is 5.41 Å². The zero-order valence-electron chi connectivity index (χ0n) is 15.7. The highest BCUT2D eigenvalue weighted by Crippen LogP contribution is 2.38. The van der Waals surface area contributed by atoms with Gasteiger partial charge in [-0.3, -0.25) is 0 Å². The third-order valence-corrected chi connectivity index (χ3v) is 4.80. The van der Waals surface area contributed by atoms with Crippen LogP contribution >= 0.6 is 0 Å². The molecule has 3 aromatic carbocycles. The van der Waals surface area contributed by atoms with Crippen molar-refractivity contribution < 1.29 is 9.15 Å². The van der Waals surface area contributed by atoms with Gasteiger partial charge < -0.3 is 4.74 Å². The molecule has 4 aromatic rings. The Morgan fingerprint density at radius 2 is 1.54 bits per heavy atom. The summed E-state index contributed by atoms with van der Waals surface area (Å²) >= 11 is 0. The maximum absolute atomic E-state index is 6.42. The molecule has 130 valence electrons. The fraction of sp³-hybridized carbons (Fsp3) is 0.208. The first-order valence-corrected chi connectivity index (χ1v) is 8.91. The highest BCUT2D eigenvalue weighted by atomic mass is 16.5. The summed E-state index contributed by atoms with van der Waals surface area (Å²) in [5, 5.41) is 3.46. The molecule has 0 saturated carbocycles. The van der Waals surface area contributed by atoms with Crippen LogP contribution < -0.4 is 4.74 Å². The second-order valence-corrected chi connectivity index (χ2v) is 7.67. The molecule has 0 saturated heterocycles. The average Bonchev–Trinajstić information content (AvgIpc) is 2.66. The molecule has 0 aliphatic carbocycles. The van der Waals surface area contributed by atoms with Crippen LogP contribution in [0.15, 0.2) is 71.1 Å². The van der Waals surface area contributed by atoms with Gasteiger partial charge >= 0.3 is 11.3 Å². The fourth-order valence-electron chi connectivity index (χ4n) is 3.29. The summed E-state index contributed by atoms with van der Waals surface area (Å²) in [6.45, 7) is 6.54. The zero-order valence-corrected chi connectivity index (χ0v) is 15.7.